The van der Waals surface area contributed by atoms with E-state index in [1.807, 2.05) is 0 Å². The number of carbonyl (C=O) groups excluding carboxylic acids is 1. The number of thioether (sulfide) groups is 1. The molecular formula is C9H14N2O5S. The molecule has 4 N–H and O–H groups in total. The number of carboxylic acid groups (broad SMARTS) is 2. The molecule has 0 aliphatic carbocycles. The molecule has 1 heterocycles. The zero-order valence-electron chi connectivity index (χ0n) is 9.04. The summed E-state index contributed by atoms with van der Waals surface area (Å²) in [7, 11) is 0. The first kappa shape index (κ1) is 13.8. The molecule has 0 aromatic carbocycles. The molecule has 8 heteroatoms. The first-order valence-corrected chi connectivity index (χ1v) is 6.17. The normalized spacial score (nSPS) is 21.2. The Bertz CT molecular complexity index is 335. The van der Waals surface area contributed by atoms with Gasteiger partial charge in [-0.25, -0.2) is 4.79 Å². The van der Waals surface area contributed by atoms with E-state index in [0.29, 0.717) is 5.75 Å². The van der Waals surface area contributed by atoms with E-state index in [4.69, 9.17) is 15.9 Å². The van der Waals surface area contributed by atoms with Crippen molar-refractivity contribution in [1.82, 2.24) is 4.90 Å². The van der Waals surface area contributed by atoms with E-state index < -0.39 is 29.9 Å². The molecule has 1 fully saturated rings. The predicted molar refractivity (Wildman–Crippen MR) is 60.4 cm³/mol. The molecule has 2 atom stereocenters. The second-order valence-corrected chi connectivity index (χ2v) is 4.70. The maximum atomic E-state index is 11.8. The summed E-state index contributed by atoms with van der Waals surface area (Å²) in [6.07, 6.45) is -0.187. The molecule has 0 aromatic heterocycles. The van der Waals surface area contributed by atoms with Crippen LogP contribution in [0.2, 0.25) is 0 Å². The van der Waals surface area contributed by atoms with Crippen LogP contribution in [0.4, 0.5) is 0 Å². The van der Waals surface area contributed by atoms with E-state index in [1.54, 1.807) is 0 Å². The van der Waals surface area contributed by atoms with Crippen LogP contribution in [-0.4, -0.2) is 56.7 Å². The minimum atomic E-state index is -1.06. The van der Waals surface area contributed by atoms with Gasteiger partial charge in [-0.05, 0) is 6.42 Å². The standard InChI is InChI=1S/C9H14N2O5S/c10-5(1-2-7(12)13)8(14)11-4-17-3-6(11)9(15)16/h5-6H,1-4,10H2,(H,12,13)(H,15,16)/t5-,6-/m0/s1. The Morgan fingerprint density at radius 2 is 2.06 bits per heavy atom. The van der Waals surface area contributed by atoms with Crippen molar-refractivity contribution in [2.75, 3.05) is 11.6 Å². The molecule has 0 saturated carbocycles. The van der Waals surface area contributed by atoms with Gasteiger partial charge in [-0.1, -0.05) is 0 Å². The minimum absolute atomic E-state index is 0.0155. The summed E-state index contributed by atoms with van der Waals surface area (Å²) in [6.45, 7) is 0. The van der Waals surface area contributed by atoms with Gasteiger partial charge in [-0.15, -0.1) is 11.8 Å². The Hall–Kier alpha value is -1.28. The maximum absolute atomic E-state index is 11.8. The van der Waals surface area contributed by atoms with Crippen LogP contribution < -0.4 is 5.73 Å². The molecule has 1 aliphatic rings. The van der Waals surface area contributed by atoms with Crippen LogP contribution in [-0.2, 0) is 14.4 Å². The predicted octanol–water partition coefficient (Wildman–Crippen LogP) is -0.835. The molecule has 1 aliphatic heterocycles. The van der Waals surface area contributed by atoms with Gasteiger partial charge in [-0.3, -0.25) is 9.59 Å². The van der Waals surface area contributed by atoms with Crippen LogP contribution in [0.15, 0.2) is 0 Å². The molecule has 1 amide bonds. The Kier molecular flexibility index (Phi) is 4.76. The number of hydrogen-bond acceptors (Lipinski definition) is 5. The summed E-state index contributed by atoms with van der Waals surface area (Å²) in [5, 5.41) is 17.4. The highest BCUT2D eigenvalue weighted by atomic mass is 32.2. The van der Waals surface area contributed by atoms with Gasteiger partial charge in [0.15, 0.2) is 0 Å². The Morgan fingerprint density at radius 3 is 2.59 bits per heavy atom. The molecule has 0 bridgehead atoms. The zero-order valence-corrected chi connectivity index (χ0v) is 9.85. The van der Waals surface area contributed by atoms with Crippen molar-refractivity contribution in [1.29, 1.82) is 0 Å². The van der Waals surface area contributed by atoms with E-state index in [1.165, 1.54) is 16.7 Å². The van der Waals surface area contributed by atoms with Gasteiger partial charge in [0.25, 0.3) is 0 Å². The summed E-state index contributed by atoms with van der Waals surface area (Å²) >= 11 is 1.34. The summed E-state index contributed by atoms with van der Waals surface area (Å²) in [5.74, 6) is -1.96. The lowest BCUT2D eigenvalue weighted by Gasteiger charge is -2.23. The number of carboxylic acids is 2. The van der Waals surface area contributed by atoms with Gasteiger partial charge in [0.1, 0.15) is 6.04 Å². The lowest BCUT2D eigenvalue weighted by atomic mass is 10.1. The fourth-order valence-corrected chi connectivity index (χ4v) is 2.63. The number of rotatable bonds is 5. The molecule has 0 aromatic rings. The first-order chi connectivity index (χ1) is 7.93. The number of nitrogens with zero attached hydrogens (tertiary/aromatic N) is 1. The summed E-state index contributed by atoms with van der Waals surface area (Å²) in [6, 6.07) is -1.81. The molecule has 0 unspecified atom stereocenters. The molecule has 0 radical (unpaired) electrons. The third-order valence-corrected chi connectivity index (χ3v) is 3.45. The molecule has 1 saturated heterocycles. The van der Waals surface area contributed by atoms with Crippen LogP contribution >= 0.6 is 11.8 Å². The van der Waals surface area contributed by atoms with Gasteiger partial charge in [0.2, 0.25) is 5.91 Å². The maximum Gasteiger partial charge on any atom is 0.327 e. The highest BCUT2D eigenvalue weighted by molar-refractivity contribution is 7.99. The largest absolute Gasteiger partial charge is 0.481 e. The van der Waals surface area contributed by atoms with Gasteiger partial charge < -0.3 is 20.8 Å². The van der Waals surface area contributed by atoms with E-state index in [2.05, 4.69) is 0 Å². The monoisotopic (exact) mass is 262 g/mol. The fraction of sp³-hybridized carbons (Fsp3) is 0.667. The Labute approximate surface area is 102 Å². The second kappa shape index (κ2) is 5.87. The third-order valence-electron chi connectivity index (χ3n) is 2.44. The lowest BCUT2D eigenvalue weighted by Crippen LogP contribution is -2.49. The van der Waals surface area contributed by atoms with Crippen molar-refractivity contribution in [3.05, 3.63) is 0 Å². The van der Waals surface area contributed by atoms with E-state index in [-0.39, 0.29) is 18.7 Å². The van der Waals surface area contributed by atoms with Gasteiger partial charge >= 0.3 is 11.9 Å². The highest BCUT2D eigenvalue weighted by Crippen LogP contribution is 2.22. The smallest absolute Gasteiger partial charge is 0.327 e. The number of amides is 1. The van der Waals surface area contributed by atoms with Crippen molar-refractivity contribution in [3.8, 4) is 0 Å². The van der Waals surface area contributed by atoms with Crippen LogP contribution in [0.5, 0.6) is 0 Å². The number of nitrogens with two attached hydrogens (primary N) is 1. The van der Waals surface area contributed by atoms with Gasteiger partial charge in [0.05, 0.1) is 11.9 Å². The summed E-state index contributed by atoms with van der Waals surface area (Å²) < 4.78 is 0. The fourth-order valence-electron chi connectivity index (χ4n) is 1.48. The van der Waals surface area contributed by atoms with Crippen LogP contribution in [0, 0.1) is 0 Å². The number of aliphatic carboxylic acids is 2. The van der Waals surface area contributed by atoms with Crippen molar-refractivity contribution in [2.24, 2.45) is 5.73 Å². The van der Waals surface area contributed by atoms with Crippen molar-refractivity contribution in [3.63, 3.8) is 0 Å². The number of hydrogen-bond donors (Lipinski definition) is 3. The van der Waals surface area contributed by atoms with Crippen LogP contribution in [0.25, 0.3) is 0 Å². The van der Waals surface area contributed by atoms with Gasteiger partial charge in [0, 0.05) is 12.2 Å². The van der Waals surface area contributed by atoms with E-state index >= 15 is 0 Å². The summed E-state index contributed by atoms with van der Waals surface area (Å²) in [5.41, 5.74) is 5.55. The Balaban J connectivity index is 2.56. The molecule has 7 nitrogen and oxygen atoms in total. The zero-order chi connectivity index (χ0) is 13.0. The second-order valence-electron chi connectivity index (χ2n) is 3.70. The van der Waals surface area contributed by atoms with Crippen LogP contribution in [0.1, 0.15) is 12.8 Å². The molecular weight excluding hydrogens is 248 g/mol. The molecule has 1 rings (SSSR count). The van der Waals surface area contributed by atoms with E-state index in [0.717, 1.165) is 0 Å². The SMILES string of the molecule is N[C@@H](CCC(=O)O)C(=O)N1CSC[C@H]1C(=O)O. The Morgan fingerprint density at radius 1 is 1.41 bits per heavy atom. The topological polar surface area (TPSA) is 121 Å². The molecule has 96 valence electrons. The van der Waals surface area contributed by atoms with Crippen molar-refractivity contribution < 1.29 is 24.6 Å². The average molecular weight is 262 g/mol. The summed E-state index contributed by atoms with van der Waals surface area (Å²) in [4.78, 5) is 34.2. The molecule has 0 spiro atoms. The minimum Gasteiger partial charge on any atom is -0.481 e. The quantitative estimate of drug-likeness (QED) is 0.591. The van der Waals surface area contributed by atoms with Gasteiger partial charge in [-0.2, -0.15) is 0 Å². The number of carbonyl (C=O) groups is 3. The molecule has 17 heavy (non-hydrogen) atoms. The third kappa shape index (κ3) is 3.60. The van der Waals surface area contributed by atoms with Crippen molar-refractivity contribution >= 4 is 29.6 Å². The highest BCUT2D eigenvalue weighted by Gasteiger charge is 2.36. The van der Waals surface area contributed by atoms with Crippen molar-refractivity contribution in [2.45, 2.75) is 24.9 Å². The average Bonchev–Trinajstić information content (AvgIpc) is 2.73. The van der Waals surface area contributed by atoms with Crippen LogP contribution in [0.3, 0.4) is 0 Å². The first-order valence-electron chi connectivity index (χ1n) is 5.02. The lowest BCUT2D eigenvalue weighted by molar-refractivity contribution is -0.148. The van der Waals surface area contributed by atoms with E-state index in [9.17, 15) is 14.4 Å².